The zero-order valence-electron chi connectivity index (χ0n) is 16.4. The normalized spacial score (nSPS) is 10.4. The van der Waals surface area contributed by atoms with Crippen LogP contribution in [0.25, 0.3) is 0 Å². The SMILES string of the molecule is CBc1c(OCCCC)cc(C(=O)OCCCC)cc1OCCCC. The first kappa shape index (κ1) is 21.4. The predicted molar refractivity (Wildman–Crippen MR) is 105 cm³/mol. The van der Waals surface area contributed by atoms with E-state index in [2.05, 4.69) is 27.6 Å². The maximum Gasteiger partial charge on any atom is 0.338 e. The summed E-state index contributed by atoms with van der Waals surface area (Å²) in [6.45, 7) is 10.1. The Labute approximate surface area is 153 Å². The van der Waals surface area contributed by atoms with E-state index in [4.69, 9.17) is 14.2 Å². The molecule has 0 aromatic heterocycles. The number of hydrogen-bond donors (Lipinski definition) is 0. The number of unbranched alkanes of at least 4 members (excludes halogenated alkanes) is 3. The first-order valence-corrected chi connectivity index (χ1v) is 9.77. The Morgan fingerprint density at radius 1 is 0.880 bits per heavy atom. The van der Waals surface area contributed by atoms with E-state index in [1.807, 2.05) is 0 Å². The number of carbonyl (C=O) groups is 1. The lowest BCUT2D eigenvalue weighted by molar-refractivity contribution is 0.0498. The maximum atomic E-state index is 12.4. The van der Waals surface area contributed by atoms with Crippen LogP contribution < -0.4 is 14.9 Å². The fraction of sp³-hybridized carbons (Fsp3) is 0.650. The molecule has 0 spiro atoms. The number of esters is 1. The number of carbonyl (C=O) groups excluding carboxylic acids is 1. The molecule has 5 heteroatoms. The Bertz CT molecular complexity index is 485. The molecular weight excluding hydrogens is 315 g/mol. The molecule has 0 fully saturated rings. The van der Waals surface area contributed by atoms with Gasteiger partial charge in [0.05, 0.1) is 25.4 Å². The van der Waals surface area contributed by atoms with Crippen LogP contribution in [0.4, 0.5) is 0 Å². The van der Waals surface area contributed by atoms with Crippen LogP contribution in [-0.2, 0) is 4.74 Å². The van der Waals surface area contributed by atoms with Gasteiger partial charge in [-0.25, -0.2) is 4.79 Å². The molecule has 0 aliphatic heterocycles. The average molecular weight is 348 g/mol. The van der Waals surface area contributed by atoms with Crippen LogP contribution in [0.3, 0.4) is 0 Å². The van der Waals surface area contributed by atoms with Crippen molar-refractivity contribution in [3.05, 3.63) is 17.7 Å². The first-order valence-electron chi connectivity index (χ1n) is 9.77. The second-order valence-electron chi connectivity index (χ2n) is 6.20. The highest BCUT2D eigenvalue weighted by atomic mass is 16.5. The fourth-order valence-corrected chi connectivity index (χ4v) is 2.39. The molecule has 0 saturated carbocycles. The molecule has 1 rings (SSSR count). The summed E-state index contributed by atoms with van der Waals surface area (Å²) in [4.78, 5) is 12.4. The van der Waals surface area contributed by atoms with Crippen LogP contribution in [-0.4, -0.2) is 33.1 Å². The van der Waals surface area contributed by atoms with Crippen molar-refractivity contribution in [1.29, 1.82) is 0 Å². The lowest BCUT2D eigenvalue weighted by Gasteiger charge is -2.17. The van der Waals surface area contributed by atoms with E-state index in [0.717, 1.165) is 62.8 Å². The molecule has 140 valence electrons. The molecule has 0 aliphatic rings. The summed E-state index contributed by atoms with van der Waals surface area (Å²) >= 11 is 0. The van der Waals surface area contributed by atoms with Gasteiger partial charge in [0.15, 0.2) is 7.28 Å². The average Bonchev–Trinajstić information content (AvgIpc) is 2.62. The molecule has 0 aliphatic carbocycles. The molecule has 0 unspecified atom stereocenters. The van der Waals surface area contributed by atoms with Crippen molar-refractivity contribution < 1.29 is 19.0 Å². The predicted octanol–water partition coefficient (Wildman–Crippen LogP) is 4.11. The molecule has 0 bridgehead atoms. The largest absolute Gasteiger partial charge is 0.494 e. The van der Waals surface area contributed by atoms with Crippen molar-refractivity contribution in [2.24, 2.45) is 0 Å². The van der Waals surface area contributed by atoms with Crippen LogP contribution >= 0.6 is 0 Å². The van der Waals surface area contributed by atoms with Gasteiger partial charge >= 0.3 is 5.97 Å². The lowest BCUT2D eigenvalue weighted by atomic mass is 9.72. The van der Waals surface area contributed by atoms with Crippen LogP contribution in [0.1, 0.15) is 69.7 Å². The molecule has 0 heterocycles. The van der Waals surface area contributed by atoms with Crippen LogP contribution in [0.15, 0.2) is 12.1 Å². The Balaban J connectivity index is 3.02. The van der Waals surface area contributed by atoms with E-state index in [-0.39, 0.29) is 5.97 Å². The third-order valence-electron chi connectivity index (χ3n) is 4.00. The smallest absolute Gasteiger partial charge is 0.338 e. The molecule has 0 radical (unpaired) electrons. The fourth-order valence-electron chi connectivity index (χ4n) is 2.39. The number of rotatable bonds is 13. The van der Waals surface area contributed by atoms with E-state index >= 15 is 0 Å². The van der Waals surface area contributed by atoms with E-state index < -0.39 is 0 Å². The summed E-state index contributed by atoms with van der Waals surface area (Å²) in [6, 6.07) is 3.60. The van der Waals surface area contributed by atoms with Gasteiger partial charge in [0.1, 0.15) is 11.5 Å². The highest BCUT2D eigenvalue weighted by Crippen LogP contribution is 2.22. The van der Waals surface area contributed by atoms with Gasteiger partial charge in [-0.05, 0) is 36.9 Å². The minimum Gasteiger partial charge on any atom is -0.494 e. The van der Waals surface area contributed by atoms with E-state index in [1.54, 1.807) is 12.1 Å². The zero-order chi connectivity index (χ0) is 18.5. The molecular formula is C20H33BO4. The highest BCUT2D eigenvalue weighted by molar-refractivity contribution is 6.54. The number of benzene rings is 1. The Morgan fingerprint density at radius 3 is 1.80 bits per heavy atom. The molecule has 4 nitrogen and oxygen atoms in total. The van der Waals surface area contributed by atoms with Crippen molar-refractivity contribution in [3.63, 3.8) is 0 Å². The molecule has 0 atom stereocenters. The summed E-state index contributed by atoms with van der Waals surface area (Å²) < 4.78 is 17.2. The van der Waals surface area contributed by atoms with Crippen molar-refractivity contribution >= 4 is 18.7 Å². The molecule has 1 aromatic carbocycles. The minimum absolute atomic E-state index is 0.309. The van der Waals surface area contributed by atoms with Gasteiger partial charge in [-0.3, -0.25) is 0 Å². The number of hydrogen-bond acceptors (Lipinski definition) is 4. The molecule has 25 heavy (non-hydrogen) atoms. The van der Waals surface area contributed by atoms with Gasteiger partial charge in [-0.1, -0.05) is 46.9 Å². The zero-order valence-corrected chi connectivity index (χ0v) is 16.4. The van der Waals surface area contributed by atoms with Crippen molar-refractivity contribution in [2.45, 2.75) is 66.1 Å². The van der Waals surface area contributed by atoms with Crippen LogP contribution in [0, 0.1) is 0 Å². The molecule has 1 aromatic rings. The van der Waals surface area contributed by atoms with Crippen LogP contribution in [0.5, 0.6) is 11.5 Å². The Kier molecular flexibility index (Phi) is 10.9. The highest BCUT2D eigenvalue weighted by Gasteiger charge is 2.17. The summed E-state index contributed by atoms with van der Waals surface area (Å²) in [5.74, 6) is 1.18. The van der Waals surface area contributed by atoms with Crippen LogP contribution in [0.2, 0.25) is 6.82 Å². The number of ether oxygens (including phenoxy) is 3. The lowest BCUT2D eigenvalue weighted by Crippen LogP contribution is -2.21. The van der Waals surface area contributed by atoms with E-state index in [0.29, 0.717) is 25.4 Å². The van der Waals surface area contributed by atoms with E-state index in [9.17, 15) is 4.79 Å². The quantitative estimate of drug-likeness (QED) is 0.306. The third kappa shape index (κ3) is 7.41. The summed E-state index contributed by atoms with van der Waals surface area (Å²) in [5.41, 5.74) is 1.53. The topological polar surface area (TPSA) is 44.8 Å². The van der Waals surface area contributed by atoms with Gasteiger partial charge in [-0.2, -0.15) is 0 Å². The molecule has 0 amide bonds. The second kappa shape index (κ2) is 12.7. The van der Waals surface area contributed by atoms with Gasteiger partial charge in [0, 0.05) is 0 Å². The molecule has 0 N–H and O–H groups in total. The van der Waals surface area contributed by atoms with Crippen molar-refractivity contribution in [3.8, 4) is 11.5 Å². The monoisotopic (exact) mass is 348 g/mol. The minimum atomic E-state index is -0.309. The third-order valence-corrected chi connectivity index (χ3v) is 4.00. The summed E-state index contributed by atoms with van der Waals surface area (Å²) in [5, 5.41) is 0. The Morgan fingerprint density at radius 2 is 1.36 bits per heavy atom. The van der Waals surface area contributed by atoms with E-state index in [1.165, 1.54) is 0 Å². The van der Waals surface area contributed by atoms with Crippen molar-refractivity contribution in [1.82, 2.24) is 0 Å². The Hall–Kier alpha value is -1.65. The molecule has 0 saturated heterocycles. The van der Waals surface area contributed by atoms with Gasteiger partial charge in [0.2, 0.25) is 0 Å². The summed E-state index contributed by atoms with van der Waals surface area (Å²) in [6.07, 6.45) is 5.98. The van der Waals surface area contributed by atoms with Crippen molar-refractivity contribution in [2.75, 3.05) is 19.8 Å². The van der Waals surface area contributed by atoms with Gasteiger partial charge in [-0.15, -0.1) is 0 Å². The standard InChI is InChI=1S/C20H33BO4/c1-5-8-11-23-17-14-16(20(22)25-13-10-7-3)15-18(19(17)21-4)24-12-9-6-2/h14-15,21H,5-13H2,1-4H3. The van der Waals surface area contributed by atoms with Gasteiger partial charge in [0.25, 0.3) is 0 Å². The second-order valence-corrected chi connectivity index (χ2v) is 6.20. The van der Waals surface area contributed by atoms with Gasteiger partial charge < -0.3 is 14.2 Å². The maximum absolute atomic E-state index is 12.4. The first-order chi connectivity index (χ1) is 12.2. The summed E-state index contributed by atoms with van der Waals surface area (Å²) in [7, 11) is 0.800.